The van der Waals surface area contributed by atoms with E-state index in [1.165, 1.54) is 32.9 Å². The monoisotopic (exact) mass is 518 g/mol. The SMILES string of the molecule is CCCn1c(SCC(=O)Nc2sc3c(c2C(=O)OCC)CCC(C)C3)nnc1-c1csc(C)c1. The third-order valence-electron chi connectivity index (χ3n) is 5.73. The van der Waals surface area contributed by atoms with E-state index in [-0.39, 0.29) is 17.6 Å². The minimum atomic E-state index is -0.351. The van der Waals surface area contributed by atoms with Crippen molar-refractivity contribution in [2.45, 2.75) is 65.1 Å². The second kappa shape index (κ2) is 11.0. The second-order valence-electron chi connectivity index (χ2n) is 8.52. The van der Waals surface area contributed by atoms with Crippen LogP contribution in [0.5, 0.6) is 0 Å². The van der Waals surface area contributed by atoms with E-state index in [2.05, 4.69) is 52.3 Å². The van der Waals surface area contributed by atoms with Crippen molar-refractivity contribution in [3.05, 3.63) is 32.3 Å². The van der Waals surface area contributed by atoms with Gasteiger partial charge in [-0.05, 0) is 57.1 Å². The lowest BCUT2D eigenvalue weighted by molar-refractivity contribution is -0.113. The zero-order chi connectivity index (χ0) is 24.2. The minimum absolute atomic E-state index is 0.166. The molecule has 10 heteroatoms. The number of aromatic nitrogens is 3. The standard InChI is InChI=1S/C24H30N4O3S3/c1-5-9-28-21(16-11-15(4)32-12-16)26-27-24(28)33-13-19(29)25-22-20(23(30)31-6-2)17-8-7-14(3)10-18(17)34-22/h11-12,14H,5-10,13H2,1-4H3,(H,25,29). The molecule has 4 rings (SSSR count). The molecule has 0 saturated carbocycles. The highest BCUT2D eigenvalue weighted by molar-refractivity contribution is 7.99. The first-order valence-corrected chi connectivity index (χ1v) is 14.3. The largest absolute Gasteiger partial charge is 0.462 e. The zero-order valence-corrected chi connectivity index (χ0v) is 22.4. The summed E-state index contributed by atoms with van der Waals surface area (Å²) in [5, 5.41) is 15.2. The Balaban J connectivity index is 1.50. The quantitative estimate of drug-likeness (QED) is 0.284. The zero-order valence-electron chi connectivity index (χ0n) is 20.0. The van der Waals surface area contributed by atoms with Gasteiger partial charge >= 0.3 is 5.97 Å². The van der Waals surface area contributed by atoms with Crippen LogP contribution in [-0.4, -0.2) is 39.0 Å². The lowest BCUT2D eigenvalue weighted by atomic mass is 9.88. The second-order valence-corrected chi connectivity index (χ2v) is 11.7. The highest BCUT2D eigenvalue weighted by atomic mass is 32.2. The number of nitrogens with zero attached hydrogens (tertiary/aromatic N) is 3. The molecule has 1 unspecified atom stereocenters. The molecule has 1 N–H and O–H groups in total. The Morgan fingerprint density at radius 2 is 2.15 bits per heavy atom. The Morgan fingerprint density at radius 3 is 2.85 bits per heavy atom. The molecule has 182 valence electrons. The van der Waals surface area contributed by atoms with Crippen LogP contribution in [-0.2, 0) is 28.9 Å². The molecule has 1 atom stereocenters. The molecule has 0 saturated heterocycles. The van der Waals surface area contributed by atoms with Gasteiger partial charge in [0.1, 0.15) is 5.00 Å². The molecule has 34 heavy (non-hydrogen) atoms. The number of carbonyl (C=O) groups excluding carboxylic acids is 2. The molecular formula is C24H30N4O3S3. The van der Waals surface area contributed by atoms with E-state index >= 15 is 0 Å². The van der Waals surface area contributed by atoms with Crippen molar-refractivity contribution < 1.29 is 14.3 Å². The maximum absolute atomic E-state index is 12.9. The first kappa shape index (κ1) is 24.9. The fraction of sp³-hybridized carbons (Fsp3) is 0.500. The van der Waals surface area contributed by atoms with Crippen LogP contribution in [0.4, 0.5) is 5.00 Å². The van der Waals surface area contributed by atoms with Crippen molar-refractivity contribution in [3.63, 3.8) is 0 Å². The average Bonchev–Trinajstić information content (AvgIpc) is 3.49. The molecule has 3 aromatic heterocycles. The van der Waals surface area contributed by atoms with Crippen LogP contribution < -0.4 is 5.32 Å². The molecule has 0 radical (unpaired) electrons. The molecule has 7 nitrogen and oxygen atoms in total. The van der Waals surface area contributed by atoms with E-state index in [0.29, 0.717) is 23.1 Å². The number of hydrogen-bond donors (Lipinski definition) is 1. The van der Waals surface area contributed by atoms with E-state index in [0.717, 1.165) is 54.3 Å². The molecule has 0 fully saturated rings. The van der Waals surface area contributed by atoms with Gasteiger partial charge in [-0.25, -0.2) is 4.79 Å². The van der Waals surface area contributed by atoms with Gasteiger partial charge in [-0.1, -0.05) is 25.6 Å². The molecule has 0 spiro atoms. The molecule has 0 aromatic carbocycles. The maximum Gasteiger partial charge on any atom is 0.341 e. The minimum Gasteiger partial charge on any atom is -0.462 e. The van der Waals surface area contributed by atoms with Gasteiger partial charge in [-0.15, -0.1) is 32.9 Å². The van der Waals surface area contributed by atoms with Gasteiger partial charge in [0, 0.05) is 27.2 Å². The maximum atomic E-state index is 12.9. The number of amides is 1. The number of anilines is 1. The summed E-state index contributed by atoms with van der Waals surface area (Å²) in [6.07, 6.45) is 3.76. The predicted molar refractivity (Wildman–Crippen MR) is 139 cm³/mol. The van der Waals surface area contributed by atoms with Gasteiger partial charge < -0.3 is 14.6 Å². The molecule has 1 aliphatic carbocycles. The highest BCUT2D eigenvalue weighted by Gasteiger charge is 2.29. The number of aryl methyl sites for hydroxylation is 1. The third-order valence-corrected chi connectivity index (χ3v) is 8.73. The first-order chi connectivity index (χ1) is 16.4. The number of hydrogen-bond acceptors (Lipinski definition) is 8. The smallest absolute Gasteiger partial charge is 0.341 e. The molecule has 1 aliphatic rings. The molecule has 3 heterocycles. The average molecular weight is 519 g/mol. The van der Waals surface area contributed by atoms with Crippen LogP contribution in [0.2, 0.25) is 0 Å². The summed E-state index contributed by atoms with van der Waals surface area (Å²) < 4.78 is 7.39. The number of nitrogens with one attached hydrogen (secondary N) is 1. The topological polar surface area (TPSA) is 86.1 Å². The van der Waals surface area contributed by atoms with Crippen LogP contribution in [0.3, 0.4) is 0 Å². The van der Waals surface area contributed by atoms with Gasteiger partial charge in [-0.3, -0.25) is 4.79 Å². The number of rotatable bonds is 9. The lowest BCUT2D eigenvalue weighted by Gasteiger charge is -2.18. The summed E-state index contributed by atoms with van der Waals surface area (Å²) in [7, 11) is 0. The van der Waals surface area contributed by atoms with Crippen LogP contribution in [0.25, 0.3) is 11.4 Å². The van der Waals surface area contributed by atoms with Gasteiger partial charge in [0.2, 0.25) is 5.91 Å². The van der Waals surface area contributed by atoms with E-state index in [4.69, 9.17) is 4.74 Å². The van der Waals surface area contributed by atoms with Crippen LogP contribution in [0.1, 0.15) is 59.3 Å². The molecule has 3 aromatic rings. The Morgan fingerprint density at radius 1 is 1.32 bits per heavy atom. The number of carbonyl (C=O) groups is 2. The van der Waals surface area contributed by atoms with Gasteiger partial charge in [0.15, 0.2) is 11.0 Å². The summed E-state index contributed by atoms with van der Waals surface area (Å²) in [6, 6.07) is 2.11. The highest BCUT2D eigenvalue weighted by Crippen LogP contribution is 2.40. The van der Waals surface area contributed by atoms with E-state index in [9.17, 15) is 9.59 Å². The van der Waals surface area contributed by atoms with Crippen molar-refractivity contribution in [2.75, 3.05) is 17.7 Å². The Hall–Kier alpha value is -2.17. The lowest BCUT2D eigenvalue weighted by Crippen LogP contribution is -2.18. The number of fused-ring (bicyclic) bond motifs is 1. The van der Waals surface area contributed by atoms with E-state index in [1.807, 2.05) is 0 Å². The Bertz CT molecular complexity index is 1180. The van der Waals surface area contributed by atoms with Gasteiger partial charge in [0.25, 0.3) is 0 Å². The summed E-state index contributed by atoms with van der Waals surface area (Å²) in [4.78, 5) is 28.0. The van der Waals surface area contributed by atoms with Crippen LogP contribution in [0.15, 0.2) is 16.6 Å². The summed E-state index contributed by atoms with van der Waals surface area (Å²) in [5.41, 5.74) is 2.64. The Labute approximate surface area is 212 Å². The normalized spacial score (nSPS) is 15.2. The molecule has 0 bridgehead atoms. The number of ether oxygens (including phenoxy) is 1. The third kappa shape index (κ3) is 5.39. The summed E-state index contributed by atoms with van der Waals surface area (Å²) >= 11 is 4.56. The molecule has 1 amide bonds. The first-order valence-electron chi connectivity index (χ1n) is 11.6. The fourth-order valence-corrected chi connectivity index (χ4v) is 7.01. The Kier molecular flexibility index (Phi) is 8.10. The van der Waals surface area contributed by atoms with Crippen molar-refractivity contribution in [2.24, 2.45) is 5.92 Å². The van der Waals surface area contributed by atoms with Crippen molar-refractivity contribution in [1.29, 1.82) is 0 Å². The van der Waals surface area contributed by atoms with Crippen LogP contribution >= 0.6 is 34.4 Å². The number of thioether (sulfide) groups is 1. The number of thiophene rings is 2. The van der Waals surface area contributed by atoms with Crippen molar-refractivity contribution >= 4 is 51.3 Å². The fourth-order valence-electron chi connectivity index (χ4n) is 4.15. The van der Waals surface area contributed by atoms with Gasteiger partial charge in [0.05, 0.1) is 17.9 Å². The molecular weight excluding hydrogens is 488 g/mol. The van der Waals surface area contributed by atoms with Crippen LogP contribution in [0, 0.1) is 12.8 Å². The van der Waals surface area contributed by atoms with E-state index < -0.39 is 0 Å². The molecule has 0 aliphatic heterocycles. The van der Waals surface area contributed by atoms with Crippen molar-refractivity contribution in [3.8, 4) is 11.4 Å². The summed E-state index contributed by atoms with van der Waals surface area (Å²) in [6.45, 7) is 9.29. The number of esters is 1. The van der Waals surface area contributed by atoms with E-state index in [1.54, 1.807) is 18.3 Å². The predicted octanol–water partition coefficient (Wildman–Crippen LogP) is 5.82. The van der Waals surface area contributed by atoms with Crippen molar-refractivity contribution in [1.82, 2.24) is 14.8 Å². The summed E-state index contributed by atoms with van der Waals surface area (Å²) in [5.74, 6) is 1.08. The van der Waals surface area contributed by atoms with Gasteiger partial charge in [-0.2, -0.15) is 0 Å².